The first-order valence-corrected chi connectivity index (χ1v) is 9.54. The fourth-order valence-corrected chi connectivity index (χ4v) is 4.12. The summed E-state index contributed by atoms with van der Waals surface area (Å²) in [4.78, 5) is 14.6. The largest absolute Gasteiger partial charge is 0.416 e. The number of piperidine rings is 1. The van der Waals surface area contributed by atoms with Gasteiger partial charge in [-0.15, -0.1) is 0 Å². The fraction of sp³-hybridized carbons (Fsp3) is 0.500. The predicted molar refractivity (Wildman–Crippen MR) is 95.9 cm³/mol. The third kappa shape index (κ3) is 3.65. The van der Waals surface area contributed by atoms with Crippen molar-refractivity contribution in [2.24, 2.45) is 0 Å². The van der Waals surface area contributed by atoms with E-state index in [-0.39, 0.29) is 11.8 Å². The maximum absolute atomic E-state index is 13.3. The van der Waals surface area contributed by atoms with E-state index in [1.807, 2.05) is 0 Å². The summed E-state index contributed by atoms with van der Waals surface area (Å²) in [6.07, 6.45) is -1.68. The second-order valence-corrected chi connectivity index (χ2v) is 7.34. The molecule has 2 aromatic rings. The van der Waals surface area contributed by atoms with Crippen molar-refractivity contribution in [2.45, 2.75) is 44.4 Å². The number of aromatic nitrogens is 2. The van der Waals surface area contributed by atoms with Gasteiger partial charge in [-0.3, -0.25) is 9.89 Å². The Morgan fingerprint density at radius 2 is 1.96 bits per heavy atom. The highest BCUT2D eigenvalue weighted by molar-refractivity contribution is 5.94. The molecule has 0 aliphatic carbocycles. The van der Waals surface area contributed by atoms with Gasteiger partial charge in [-0.1, -0.05) is 18.2 Å². The van der Waals surface area contributed by atoms with Crippen molar-refractivity contribution in [1.82, 2.24) is 15.1 Å². The lowest BCUT2D eigenvalue weighted by Crippen LogP contribution is -2.38. The maximum atomic E-state index is 13.3. The number of amides is 1. The topological polar surface area (TPSA) is 58.2 Å². The maximum Gasteiger partial charge on any atom is 0.416 e. The van der Waals surface area contributed by atoms with Crippen molar-refractivity contribution < 1.29 is 22.7 Å². The molecule has 0 radical (unpaired) electrons. The summed E-state index contributed by atoms with van der Waals surface area (Å²) in [6.45, 7) is 1.85. The number of carbonyl (C=O) groups is 1. The van der Waals surface area contributed by atoms with Crippen LogP contribution in [-0.4, -0.2) is 40.7 Å². The van der Waals surface area contributed by atoms with Gasteiger partial charge in [0.2, 0.25) is 0 Å². The minimum Gasteiger partial charge on any atom is -0.377 e. The summed E-state index contributed by atoms with van der Waals surface area (Å²) in [5.74, 6) is -0.382. The number of likely N-dealkylation sites (tertiary alicyclic amines) is 1. The molecule has 0 unspecified atom stereocenters. The van der Waals surface area contributed by atoms with Crippen LogP contribution in [0.15, 0.2) is 24.3 Å². The summed E-state index contributed by atoms with van der Waals surface area (Å²) in [5, 5.41) is 7.14. The number of fused-ring (bicyclic) bond motifs is 1. The number of aryl methyl sites for hydroxylation is 1. The molecular formula is C20H22F3N3O2. The van der Waals surface area contributed by atoms with E-state index in [4.69, 9.17) is 4.74 Å². The van der Waals surface area contributed by atoms with E-state index >= 15 is 0 Å². The molecule has 1 aromatic heterocycles. The zero-order valence-corrected chi connectivity index (χ0v) is 15.4. The Labute approximate surface area is 160 Å². The summed E-state index contributed by atoms with van der Waals surface area (Å²) in [6, 6.07) is 5.74. The molecule has 2 aliphatic heterocycles. The third-order valence-corrected chi connectivity index (χ3v) is 5.61. The summed E-state index contributed by atoms with van der Waals surface area (Å²) in [7, 11) is 0. The minimum atomic E-state index is -4.36. The van der Waals surface area contributed by atoms with Crippen molar-refractivity contribution in [1.29, 1.82) is 0 Å². The molecule has 1 saturated heterocycles. The van der Waals surface area contributed by atoms with Crippen molar-refractivity contribution in [2.75, 3.05) is 19.7 Å². The van der Waals surface area contributed by atoms with E-state index in [0.29, 0.717) is 50.4 Å². The first-order valence-electron chi connectivity index (χ1n) is 9.54. The Morgan fingerprint density at radius 3 is 2.71 bits per heavy atom. The number of hydrogen-bond acceptors (Lipinski definition) is 3. The smallest absolute Gasteiger partial charge is 0.377 e. The molecule has 1 aromatic carbocycles. The van der Waals surface area contributed by atoms with E-state index in [9.17, 15) is 18.0 Å². The number of ether oxygens (including phenoxy) is 1. The van der Waals surface area contributed by atoms with E-state index in [0.717, 1.165) is 30.2 Å². The molecule has 3 heterocycles. The van der Waals surface area contributed by atoms with E-state index in [2.05, 4.69) is 10.2 Å². The monoisotopic (exact) mass is 393 g/mol. The molecule has 4 rings (SSSR count). The molecule has 1 fully saturated rings. The summed E-state index contributed by atoms with van der Waals surface area (Å²) < 4.78 is 45.4. The van der Waals surface area contributed by atoms with Gasteiger partial charge in [0.15, 0.2) is 5.69 Å². The Bertz CT molecular complexity index is 855. The average molecular weight is 393 g/mol. The quantitative estimate of drug-likeness (QED) is 0.842. The Morgan fingerprint density at radius 1 is 1.21 bits per heavy atom. The van der Waals surface area contributed by atoms with Crippen molar-refractivity contribution in [3.05, 3.63) is 52.3 Å². The zero-order chi connectivity index (χ0) is 19.7. The molecule has 150 valence electrons. The molecule has 5 nitrogen and oxygen atoms in total. The highest BCUT2D eigenvalue weighted by Crippen LogP contribution is 2.38. The van der Waals surface area contributed by atoms with Gasteiger partial charge in [-0.2, -0.15) is 18.3 Å². The lowest BCUT2D eigenvalue weighted by atomic mass is 9.86. The number of H-pyrrole nitrogens is 1. The van der Waals surface area contributed by atoms with Gasteiger partial charge in [0.1, 0.15) is 0 Å². The first kappa shape index (κ1) is 19.0. The number of aromatic amines is 1. The van der Waals surface area contributed by atoms with Crippen LogP contribution in [0.1, 0.15) is 58.1 Å². The van der Waals surface area contributed by atoms with E-state index in [1.165, 1.54) is 6.07 Å². The second-order valence-electron chi connectivity index (χ2n) is 7.34. The van der Waals surface area contributed by atoms with Gasteiger partial charge >= 0.3 is 6.18 Å². The number of nitrogens with zero attached hydrogens (tertiary/aromatic N) is 2. The van der Waals surface area contributed by atoms with E-state index in [1.54, 1.807) is 17.0 Å². The van der Waals surface area contributed by atoms with Gasteiger partial charge in [0.25, 0.3) is 5.91 Å². The number of alkyl halides is 3. The van der Waals surface area contributed by atoms with Crippen LogP contribution in [0.2, 0.25) is 0 Å². The van der Waals surface area contributed by atoms with Crippen LogP contribution < -0.4 is 0 Å². The Balaban J connectivity index is 1.47. The highest BCUT2D eigenvalue weighted by Gasteiger charge is 2.36. The number of carbonyl (C=O) groups excluding carboxylic acids is 1. The number of hydrogen-bond donors (Lipinski definition) is 1. The first-order chi connectivity index (χ1) is 13.4. The standard InChI is InChI=1S/C20H22F3N3O2/c21-20(22,23)16-5-2-1-4-14(16)13-7-9-26(10-8-13)19(27)18-15-12-28-11-3-6-17(15)24-25-18/h1-2,4-5,13H,3,6-12H2,(H,24,25). The number of rotatable bonds is 2. The molecule has 1 amide bonds. The summed E-state index contributed by atoms with van der Waals surface area (Å²) in [5.41, 5.74) is 1.88. The van der Waals surface area contributed by atoms with Crippen LogP contribution in [0.4, 0.5) is 13.2 Å². The lowest BCUT2D eigenvalue weighted by Gasteiger charge is -2.33. The second kappa shape index (κ2) is 7.58. The number of halogens is 3. The van der Waals surface area contributed by atoms with Crippen LogP contribution in [-0.2, 0) is 23.9 Å². The highest BCUT2D eigenvalue weighted by atomic mass is 19.4. The number of nitrogens with one attached hydrogen (secondary N) is 1. The van der Waals surface area contributed by atoms with Gasteiger partial charge in [0, 0.05) is 31.0 Å². The minimum absolute atomic E-state index is 0.175. The van der Waals surface area contributed by atoms with Crippen molar-refractivity contribution >= 4 is 5.91 Å². The lowest BCUT2D eigenvalue weighted by molar-refractivity contribution is -0.138. The van der Waals surface area contributed by atoms with Crippen LogP contribution in [0.3, 0.4) is 0 Å². The van der Waals surface area contributed by atoms with Crippen molar-refractivity contribution in [3.63, 3.8) is 0 Å². The molecule has 28 heavy (non-hydrogen) atoms. The summed E-state index contributed by atoms with van der Waals surface area (Å²) >= 11 is 0. The molecule has 8 heteroatoms. The third-order valence-electron chi connectivity index (χ3n) is 5.61. The predicted octanol–water partition coefficient (Wildman–Crippen LogP) is 3.91. The zero-order valence-electron chi connectivity index (χ0n) is 15.4. The molecule has 0 atom stereocenters. The number of benzene rings is 1. The van der Waals surface area contributed by atoms with Crippen LogP contribution in [0.5, 0.6) is 0 Å². The molecule has 1 N–H and O–H groups in total. The van der Waals surface area contributed by atoms with Gasteiger partial charge in [0.05, 0.1) is 12.2 Å². The normalized spacial score (nSPS) is 18.6. The SMILES string of the molecule is O=C(c1n[nH]c2c1COCCC2)N1CCC(c2ccccc2C(F)(F)F)CC1. The average Bonchev–Trinajstić information content (AvgIpc) is 2.95. The Hall–Kier alpha value is -2.35. The molecule has 0 saturated carbocycles. The molecule has 0 bridgehead atoms. The van der Waals surface area contributed by atoms with E-state index < -0.39 is 11.7 Å². The molecular weight excluding hydrogens is 371 g/mol. The Kier molecular flexibility index (Phi) is 5.14. The van der Waals surface area contributed by atoms with Gasteiger partial charge in [-0.05, 0) is 43.2 Å². The molecule has 2 aliphatic rings. The molecule has 0 spiro atoms. The van der Waals surface area contributed by atoms with Crippen LogP contribution in [0, 0.1) is 0 Å². The fourth-order valence-electron chi connectivity index (χ4n) is 4.12. The van der Waals surface area contributed by atoms with Crippen molar-refractivity contribution in [3.8, 4) is 0 Å². The van der Waals surface area contributed by atoms with Gasteiger partial charge in [-0.25, -0.2) is 0 Å². The van der Waals surface area contributed by atoms with Gasteiger partial charge < -0.3 is 9.64 Å². The van der Waals surface area contributed by atoms with Crippen LogP contribution in [0.25, 0.3) is 0 Å². The van der Waals surface area contributed by atoms with Crippen LogP contribution >= 0.6 is 0 Å².